The number of aromatic nitrogens is 3. The lowest BCUT2D eigenvalue weighted by Crippen LogP contribution is -2.07. The zero-order valence-electron chi connectivity index (χ0n) is 13.4. The van der Waals surface area contributed by atoms with Gasteiger partial charge in [-0.1, -0.05) is 41.7 Å². The van der Waals surface area contributed by atoms with Gasteiger partial charge in [0.15, 0.2) is 0 Å². The Labute approximate surface area is 149 Å². The van der Waals surface area contributed by atoms with Crippen LogP contribution in [0.2, 0.25) is 0 Å². The Morgan fingerprint density at radius 2 is 1.80 bits per heavy atom. The summed E-state index contributed by atoms with van der Waals surface area (Å²) in [4.78, 5) is 13.1. The van der Waals surface area contributed by atoms with Crippen LogP contribution in [-0.2, 0) is 6.42 Å². The fourth-order valence-electron chi connectivity index (χ4n) is 2.49. The van der Waals surface area contributed by atoms with Crippen molar-refractivity contribution >= 4 is 28.1 Å². The normalized spacial score (nSPS) is 10.7. The van der Waals surface area contributed by atoms with Gasteiger partial charge >= 0.3 is 0 Å². The molecule has 0 radical (unpaired) electrons. The first-order valence-electron chi connectivity index (χ1n) is 7.99. The summed E-state index contributed by atoms with van der Waals surface area (Å²) in [5.41, 5.74) is 1.94. The van der Waals surface area contributed by atoms with Gasteiger partial charge in [0.2, 0.25) is 0 Å². The second kappa shape index (κ2) is 7.27. The number of benzene rings is 2. The maximum atomic E-state index is 5.75. The highest BCUT2D eigenvalue weighted by atomic mass is 32.1. The molecule has 2 aromatic carbocycles. The maximum Gasteiger partial charge on any atom is 0.278 e. The van der Waals surface area contributed by atoms with Crippen LogP contribution in [0.15, 0.2) is 66.3 Å². The van der Waals surface area contributed by atoms with Crippen LogP contribution < -0.4 is 10.1 Å². The molecule has 0 saturated heterocycles. The van der Waals surface area contributed by atoms with E-state index in [-0.39, 0.29) is 0 Å². The second-order valence-corrected chi connectivity index (χ2v) is 6.26. The van der Waals surface area contributed by atoms with Crippen molar-refractivity contribution in [3.05, 3.63) is 72.0 Å². The molecule has 0 unspecified atom stereocenters. The molecular formula is C19H16N4OS. The van der Waals surface area contributed by atoms with E-state index >= 15 is 0 Å². The van der Waals surface area contributed by atoms with Crippen LogP contribution in [-0.4, -0.2) is 21.5 Å². The van der Waals surface area contributed by atoms with Gasteiger partial charge in [0.25, 0.3) is 5.19 Å². The van der Waals surface area contributed by atoms with Gasteiger partial charge in [0.1, 0.15) is 17.9 Å². The van der Waals surface area contributed by atoms with E-state index in [9.17, 15) is 0 Å². The summed E-state index contributed by atoms with van der Waals surface area (Å²) in [7, 11) is 0. The van der Waals surface area contributed by atoms with Crippen molar-refractivity contribution in [2.45, 2.75) is 6.42 Å². The number of para-hydroxylation sites is 2. The predicted molar refractivity (Wildman–Crippen MR) is 100 cm³/mol. The lowest BCUT2D eigenvalue weighted by Gasteiger charge is -2.07. The summed E-state index contributed by atoms with van der Waals surface area (Å²) in [6.07, 6.45) is 2.38. The summed E-state index contributed by atoms with van der Waals surface area (Å²) in [6.45, 7) is 0.746. The number of hydrogen-bond donors (Lipinski definition) is 1. The number of nitrogens with zero attached hydrogens (tertiary/aromatic N) is 3. The first kappa shape index (κ1) is 15.5. The number of nitrogens with one attached hydrogen (secondary N) is 1. The molecule has 25 heavy (non-hydrogen) atoms. The topological polar surface area (TPSA) is 59.9 Å². The van der Waals surface area contributed by atoms with E-state index in [1.165, 1.54) is 11.3 Å². The van der Waals surface area contributed by atoms with E-state index in [0.29, 0.717) is 5.19 Å². The minimum absolute atomic E-state index is 0.661. The van der Waals surface area contributed by atoms with Crippen molar-refractivity contribution in [1.29, 1.82) is 0 Å². The molecule has 5 nitrogen and oxygen atoms in total. The third-order valence-electron chi connectivity index (χ3n) is 3.70. The first-order chi connectivity index (χ1) is 12.4. The fraction of sp³-hybridized carbons (Fsp3) is 0.105. The van der Waals surface area contributed by atoms with Gasteiger partial charge in [0, 0.05) is 23.7 Å². The van der Waals surface area contributed by atoms with Gasteiger partial charge in [0.05, 0.1) is 11.2 Å². The van der Waals surface area contributed by atoms with Crippen molar-refractivity contribution < 1.29 is 4.74 Å². The molecule has 0 aliphatic rings. The summed E-state index contributed by atoms with van der Waals surface area (Å²) < 4.78 is 5.75. The fourth-order valence-corrected chi connectivity index (χ4v) is 3.22. The molecule has 1 N–H and O–H groups in total. The van der Waals surface area contributed by atoms with E-state index < -0.39 is 0 Å². The second-order valence-electron chi connectivity index (χ2n) is 5.44. The van der Waals surface area contributed by atoms with E-state index in [1.807, 2.05) is 60.0 Å². The predicted octanol–water partition coefficient (Wildman–Crippen LogP) is 4.53. The van der Waals surface area contributed by atoms with Crippen LogP contribution in [0.3, 0.4) is 0 Å². The number of anilines is 1. The number of ether oxygens (including phenoxy) is 1. The molecule has 0 bridgehead atoms. The Bertz CT molecular complexity index is 966. The monoisotopic (exact) mass is 348 g/mol. The van der Waals surface area contributed by atoms with Gasteiger partial charge < -0.3 is 10.1 Å². The highest BCUT2D eigenvalue weighted by molar-refractivity contribution is 7.11. The molecule has 0 aliphatic heterocycles. The SMILES string of the molecule is c1ccc(Oc2nc(CCNc3ncnc4ccccc34)cs2)cc1. The minimum atomic E-state index is 0.661. The molecule has 2 heterocycles. The van der Waals surface area contributed by atoms with Crippen LogP contribution in [0.25, 0.3) is 10.9 Å². The molecule has 6 heteroatoms. The number of fused-ring (bicyclic) bond motifs is 1. The Balaban J connectivity index is 1.37. The van der Waals surface area contributed by atoms with E-state index in [2.05, 4.69) is 20.3 Å². The third-order valence-corrected chi connectivity index (χ3v) is 4.46. The van der Waals surface area contributed by atoms with Crippen LogP contribution >= 0.6 is 11.3 Å². The van der Waals surface area contributed by atoms with Crippen LogP contribution in [0.1, 0.15) is 5.69 Å². The van der Waals surface area contributed by atoms with Crippen molar-refractivity contribution in [3.63, 3.8) is 0 Å². The maximum absolute atomic E-state index is 5.75. The average Bonchev–Trinajstić information content (AvgIpc) is 3.10. The molecule has 2 aromatic heterocycles. The molecule has 124 valence electrons. The zero-order valence-corrected chi connectivity index (χ0v) is 14.2. The Morgan fingerprint density at radius 1 is 0.960 bits per heavy atom. The van der Waals surface area contributed by atoms with Crippen molar-refractivity contribution in [2.75, 3.05) is 11.9 Å². The molecule has 0 amide bonds. The molecular weight excluding hydrogens is 332 g/mol. The van der Waals surface area contributed by atoms with Crippen molar-refractivity contribution in [2.24, 2.45) is 0 Å². The molecule has 0 spiro atoms. The molecule has 0 atom stereocenters. The standard InChI is InChI=1S/C19H16N4OS/c1-2-6-15(7-3-1)24-19-23-14(12-25-19)10-11-20-18-16-8-4-5-9-17(16)21-13-22-18/h1-9,12-13H,10-11H2,(H,20,21,22). The largest absolute Gasteiger partial charge is 0.431 e. The molecule has 0 saturated carbocycles. The van der Waals surface area contributed by atoms with E-state index in [4.69, 9.17) is 4.74 Å². The van der Waals surface area contributed by atoms with Crippen molar-refractivity contribution in [1.82, 2.24) is 15.0 Å². The summed E-state index contributed by atoms with van der Waals surface area (Å²) in [5.74, 6) is 1.65. The molecule has 0 aliphatic carbocycles. The first-order valence-corrected chi connectivity index (χ1v) is 8.87. The number of thiazole rings is 1. The molecule has 4 aromatic rings. The Morgan fingerprint density at radius 3 is 2.72 bits per heavy atom. The zero-order chi connectivity index (χ0) is 16.9. The number of hydrogen-bond acceptors (Lipinski definition) is 6. The van der Waals surface area contributed by atoms with Gasteiger partial charge in [-0.05, 0) is 24.3 Å². The highest BCUT2D eigenvalue weighted by Gasteiger charge is 2.06. The smallest absolute Gasteiger partial charge is 0.278 e. The van der Waals surface area contributed by atoms with Gasteiger partial charge in [-0.25, -0.2) is 15.0 Å². The highest BCUT2D eigenvalue weighted by Crippen LogP contribution is 2.25. The average molecular weight is 348 g/mol. The summed E-state index contributed by atoms with van der Waals surface area (Å²) in [6, 6.07) is 17.7. The van der Waals surface area contributed by atoms with Gasteiger partial charge in [-0.2, -0.15) is 0 Å². The quantitative estimate of drug-likeness (QED) is 0.554. The van der Waals surface area contributed by atoms with Gasteiger partial charge in [-0.15, -0.1) is 0 Å². The van der Waals surface area contributed by atoms with E-state index in [1.54, 1.807) is 6.33 Å². The van der Waals surface area contributed by atoms with Crippen LogP contribution in [0, 0.1) is 0 Å². The minimum Gasteiger partial charge on any atom is -0.431 e. The van der Waals surface area contributed by atoms with Crippen molar-refractivity contribution in [3.8, 4) is 10.9 Å². The Hall–Kier alpha value is -2.99. The summed E-state index contributed by atoms with van der Waals surface area (Å²) in [5, 5.41) is 7.08. The molecule has 4 rings (SSSR count). The number of rotatable bonds is 6. The van der Waals surface area contributed by atoms with Crippen LogP contribution in [0.5, 0.6) is 10.9 Å². The van der Waals surface area contributed by atoms with E-state index in [0.717, 1.165) is 41.1 Å². The Kier molecular flexibility index (Phi) is 4.52. The lowest BCUT2D eigenvalue weighted by molar-refractivity contribution is 0.477. The molecule has 0 fully saturated rings. The van der Waals surface area contributed by atoms with Crippen LogP contribution in [0.4, 0.5) is 5.82 Å². The van der Waals surface area contributed by atoms with Gasteiger partial charge in [-0.3, -0.25) is 0 Å². The lowest BCUT2D eigenvalue weighted by atomic mass is 10.2. The summed E-state index contributed by atoms with van der Waals surface area (Å²) >= 11 is 1.51. The third kappa shape index (κ3) is 3.75.